The fourth-order valence-electron chi connectivity index (χ4n) is 1.87. The van der Waals surface area contributed by atoms with Gasteiger partial charge in [0.1, 0.15) is 5.75 Å². The molecule has 2 aromatic carbocycles. The maximum Gasteiger partial charge on any atom is 0.119 e. The Hall–Kier alpha value is -1.80. The van der Waals surface area contributed by atoms with Gasteiger partial charge in [-0.1, -0.05) is 49.4 Å². The summed E-state index contributed by atoms with van der Waals surface area (Å²) in [6.45, 7) is 3.58. The summed E-state index contributed by atoms with van der Waals surface area (Å²) in [5, 5.41) is 0. The van der Waals surface area contributed by atoms with Crippen molar-refractivity contribution in [3.63, 3.8) is 0 Å². The average Bonchev–Trinajstić information content (AvgIpc) is 2.48. The third-order valence-electron chi connectivity index (χ3n) is 3.24. The van der Waals surface area contributed by atoms with Crippen molar-refractivity contribution in [1.82, 2.24) is 0 Å². The van der Waals surface area contributed by atoms with Gasteiger partial charge < -0.3 is 10.5 Å². The maximum absolute atomic E-state index is 5.71. The molecule has 0 amide bonds. The minimum atomic E-state index is 0.517. The van der Waals surface area contributed by atoms with E-state index in [1.165, 1.54) is 11.1 Å². The first kappa shape index (κ1) is 13.6. The number of rotatable bonds is 6. The highest BCUT2D eigenvalue weighted by atomic mass is 16.5. The molecule has 0 saturated heterocycles. The Balaban J connectivity index is 1.92. The van der Waals surface area contributed by atoms with Gasteiger partial charge in [0.05, 0.1) is 6.61 Å². The molecular weight excluding hydrogens is 234 g/mol. The fraction of sp³-hybridized carbons (Fsp3) is 0.294. The smallest absolute Gasteiger partial charge is 0.119 e. The molecule has 19 heavy (non-hydrogen) atoms. The molecule has 2 N–H and O–H groups in total. The summed E-state index contributed by atoms with van der Waals surface area (Å²) >= 11 is 0. The summed E-state index contributed by atoms with van der Waals surface area (Å²) in [5.41, 5.74) is 8.02. The van der Waals surface area contributed by atoms with E-state index in [1.807, 2.05) is 30.3 Å². The van der Waals surface area contributed by atoms with E-state index in [9.17, 15) is 0 Å². The predicted octanol–water partition coefficient (Wildman–Crippen LogP) is 3.72. The van der Waals surface area contributed by atoms with Crippen LogP contribution in [0.3, 0.4) is 0 Å². The van der Waals surface area contributed by atoms with Crippen LogP contribution in [0.15, 0.2) is 54.6 Å². The number of nitrogens with two attached hydrogens (primary N) is 1. The summed E-state index contributed by atoms with van der Waals surface area (Å²) in [5.74, 6) is 1.44. The van der Waals surface area contributed by atoms with Crippen LogP contribution in [-0.4, -0.2) is 13.2 Å². The SMILES string of the molecule is CC(CN)CCOc1ccc(-c2ccccc2)cc1. The Morgan fingerprint density at radius 1 is 0.947 bits per heavy atom. The first-order valence-corrected chi connectivity index (χ1v) is 6.78. The number of hydrogen-bond donors (Lipinski definition) is 1. The molecule has 1 atom stereocenters. The summed E-state index contributed by atoms with van der Waals surface area (Å²) in [6, 6.07) is 18.6. The molecule has 0 fully saturated rings. The second-order valence-corrected chi connectivity index (χ2v) is 4.87. The molecule has 0 radical (unpaired) electrons. The molecule has 1 unspecified atom stereocenters. The summed E-state index contributed by atoms with van der Waals surface area (Å²) in [4.78, 5) is 0. The van der Waals surface area contributed by atoms with Gasteiger partial charge in [0.2, 0.25) is 0 Å². The van der Waals surface area contributed by atoms with Crippen molar-refractivity contribution in [3.8, 4) is 16.9 Å². The predicted molar refractivity (Wildman–Crippen MR) is 80.2 cm³/mol. The third-order valence-corrected chi connectivity index (χ3v) is 3.24. The van der Waals surface area contributed by atoms with Gasteiger partial charge in [-0.3, -0.25) is 0 Å². The first-order valence-electron chi connectivity index (χ1n) is 6.78. The lowest BCUT2D eigenvalue weighted by Crippen LogP contribution is -2.13. The van der Waals surface area contributed by atoms with E-state index >= 15 is 0 Å². The molecule has 2 rings (SSSR count). The van der Waals surface area contributed by atoms with E-state index in [2.05, 4.69) is 31.2 Å². The molecule has 0 bridgehead atoms. The van der Waals surface area contributed by atoms with E-state index < -0.39 is 0 Å². The van der Waals surface area contributed by atoms with Crippen LogP contribution in [0.5, 0.6) is 5.75 Å². The highest BCUT2D eigenvalue weighted by Crippen LogP contribution is 2.22. The molecule has 2 heteroatoms. The van der Waals surface area contributed by atoms with Crippen molar-refractivity contribution >= 4 is 0 Å². The summed E-state index contributed by atoms with van der Waals surface area (Å²) in [7, 11) is 0. The van der Waals surface area contributed by atoms with Gasteiger partial charge >= 0.3 is 0 Å². The molecule has 0 aromatic heterocycles. The summed E-state index contributed by atoms with van der Waals surface area (Å²) in [6.07, 6.45) is 0.997. The Labute approximate surface area is 115 Å². The van der Waals surface area contributed by atoms with Crippen molar-refractivity contribution in [2.24, 2.45) is 11.7 Å². The Morgan fingerprint density at radius 2 is 1.58 bits per heavy atom. The molecule has 0 aliphatic heterocycles. The van der Waals surface area contributed by atoms with E-state index in [0.29, 0.717) is 5.92 Å². The second-order valence-electron chi connectivity index (χ2n) is 4.87. The normalized spacial score (nSPS) is 12.1. The molecule has 2 nitrogen and oxygen atoms in total. The van der Waals surface area contributed by atoms with E-state index in [4.69, 9.17) is 10.5 Å². The van der Waals surface area contributed by atoms with Crippen LogP contribution in [-0.2, 0) is 0 Å². The first-order chi connectivity index (χ1) is 9.29. The zero-order chi connectivity index (χ0) is 13.5. The topological polar surface area (TPSA) is 35.2 Å². The maximum atomic E-state index is 5.71. The number of hydrogen-bond acceptors (Lipinski definition) is 2. The van der Waals surface area contributed by atoms with Gasteiger partial charge in [-0.25, -0.2) is 0 Å². The van der Waals surface area contributed by atoms with Crippen molar-refractivity contribution in [2.75, 3.05) is 13.2 Å². The number of ether oxygens (including phenoxy) is 1. The van der Waals surface area contributed by atoms with Gasteiger partial charge in [0.25, 0.3) is 0 Å². The molecule has 0 spiro atoms. The monoisotopic (exact) mass is 255 g/mol. The lowest BCUT2D eigenvalue weighted by molar-refractivity contribution is 0.286. The average molecular weight is 255 g/mol. The van der Waals surface area contributed by atoms with Crippen LogP contribution in [0.1, 0.15) is 13.3 Å². The zero-order valence-corrected chi connectivity index (χ0v) is 11.4. The Kier molecular flexibility index (Phi) is 4.99. The largest absolute Gasteiger partial charge is 0.494 e. The molecule has 100 valence electrons. The lowest BCUT2D eigenvalue weighted by Gasteiger charge is -2.10. The summed E-state index contributed by atoms with van der Waals surface area (Å²) < 4.78 is 5.71. The standard InChI is InChI=1S/C17H21NO/c1-14(13-18)11-12-19-17-9-7-16(8-10-17)15-5-3-2-4-6-15/h2-10,14H,11-13,18H2,1H3. The van der Waals surface area contributed by atoms with E-state index in [0.717, 1.165) is 25.3 Å². The van der Waals surface area contributed by atoms with Crippen LogP contribution < -0.4 is 10.5 Å². The molecule has 0 aliphatic rings. The van der Waals surface area contributed by atoms with Gasteiger partial charge in [-0.15, -0.1) is 0 Å². The highest BCUT2D eigenvalue weighted by molar-refractivity contribution is 5.63. The molecule has 0 heterocycles. The quantitative estimate of drug-likeness (QED) is 0.854. The van der Waals surface area contributed by atoms with Crippen LogP contribution in [0, 0.1) is 5.92 Å². The van der Waals surface area contributed by atoms with Crippen LogP contribution in [0.25, 0.3) is 11.1 Å². The Bertz CT molecular complexity index is 478. The van der Waals surface area contributed by atoms with E-state index in [-0.39, 0.29) is 0 Å². The third kappa shape index (κ3) is 4.11. The highest BCUT2D eigenvalue weighted by Gasteiger charge is 2.01. The second kappa shape index (κ2) is 6.95. The van der Waals surface area contributed by atoms with Gasteiger partial charge in [-0.2, -0.15) is 0 Å². The molecule has 0 saturated carbocycles. The lowest BCUT2D eigenvalue weighted by atomic mass is 10.1. The fourth-order valence-corrected chi connectivity index (χ4v) is 1.87. The Morgan fingerprint density at radius 3 is 2.21 bits per heavy atom. The van der Waals surface area contributed by atoms with Crippen molar-refractivity contribution in [3.05, 3.63) is 54.6 Å². The number of benzene rings is 2. The molecule has 0 aliphatic carbocycles. The zero-order valence-electron chi connectivity index (χ0n) is 11.4. The van der Waals surface area contributed by atoms with Crippen LogP contribution in [0.2, 0.25) is 0 Å². The minimum absolute atomic E-state index is 0.517. The van der Waals surface area contributed by atoms with Crippen molar-refractivity contribution in [1.29, 1.82) is 0 Å². The van der Waals surface area contributed by atoms with Crippen molar-refractivity contribution in [2.45, 2.75) is 13.3 Å². The van der Waals surface area contributed by atoms with Gasteiger partial charge in [0, 0.05) is 0 Å². The molecular formula is C17H21NO. The van der Waals surface area contributed by atoms with Crippen molar-refractivity contribution < 1.29 is 4.74 Å². The van der Waals surface area contributed by atoms with Crippen LogP contribution in [0.4, 0.5) is 0 Å². The van der Waals surface area contributed by atoms with E-state index in [1.54, 1.807) is 0 Å². The van der Waals surface area contributed by atoms with Crippen LogP contribution >= 0.6 is 0 Å². The molecule has 2 aromatic rings. The minimum Gasteiger partial charge on any atom is -0.494 e. The van der Waals surface area contributed by atoms with Gasteiger partial charge in [0.15, 0.2) is 0 Å². The van der Waals surface area contributed by atoms with Gasteiger partial charge in [-0.05, 0) is 42.1 Å².